The minimum absolute atomic E-state index is 0.212. The fourth-order valence-corrected chi connectivity index (χ4v) is 6.15. The molecular formula is C13H16I3N3O4. The minimum atomic E-state index is -0.751. The van der Waals surface area contributed by atoms with E-state index < -0.39 is 11.9 Å². The number of aliphatic hydroxyl groups excluding tert-OH is 2. The first-order valence-electron chi connectivity index (χ1n) is 6.47. The Morgan fingerprint density at radius 2 is 1.70 bits per heavy atom. The molecule has 0 atom stereocenters. The van der Waals surface area contributed by atoms with Gasteiger partial charge in [0.2, 0.25) is 5.91 Å². The molecule has 10 heteroatoms. The van der Waals surface area contributed by atoms with Gasteiger partial charge in [0.25, 0.3) is 5.91 Å². The molecule has 0 heterocycles. The second-order valence-corrected chi connectivity index (χ2v) is 7.83. The van der Waals surface area contributed by atoms with E-state index in [0.29, 0.717) is 18.4 Å². The molecule has 1 rings (SSSR count). The lowest BCUT2D eigenvalue weighted by molar-refractivity contribution is -0.114. The van der Waals surface area contributed by atoms with Gasteiger partial charge in [-0.15, -0.1) is 0 Å². The summed E-state index contributed by atoms with van der Waals surface area (Å²) < 4.78 is 2.04. The average molecular weight is 659 g/mol. The molecule has 0 saturated carbocycles. The van der Waals surface area contributed by atoms with Crippen LogP contribution >= 0.6 is 67.8 Å². The van der Waals surface area contributed by atoms with Crippen LogP contribution in [0.4, 0.5) is 5.69 Å². The highest BCUT2D eigenvalue weighted by molar-refractivity contribution is 14.1. The summed E-state index contributed by atoms with van der Waals surface area (Å²) in [6.07, 6.45) is 0. The van der Waals surface area contributed by atoms with Crippen LogP contribution < -0.4 is 16.4 Å². The van der Waals surface area contributed by atoms with E-state index in [1.165, 1.54) is 6.92 Å². The highest BCUT2D eigenvalue weighted by Crippen LogP contribution is 2.35. The molecule has 0 aliphatic heterocycles. The average Bonchev–Trinajstić information content (AvgIpc) is 2.49. The van der Waals surface area contributed by atoms with E-state index in [4.69, 9.17) is 15.9 Å². The number of hydrogen-bond donors (Lipinski definition) is 5. The second-order valence-electron chi connectivity index (χ2n) is 4.59. The monoisotopic (exact) mass is 659 g/mol. The largest absolute Gasteiger partial charge is 0.394 e. The van der Waals surface area contributed by atoms with Crippen LogP contribution in [0.2, 0.25) is 0 Å². The lowest BCUT2D eigenvalue weighted by Gasteiger charge is -2.20. The summed E-state index contributed by atoms with van der Waals surface area (Å²) in [4.78, 5) is 24.0. The van der Waals surface area contributed by atoms with Gasteiger partial charge in [-0.05, 0) is 73.3 Å². The Morgan fingerprint density at radius 1 is 1.13 bits per heavy atom. The van der Waals surface area contributed by atoms with Crippen molar-refractivity contribution in [3.05, 3.63) is 21.8 Å². The Morgan fingerprint density at radius 3 is 2.13 bits per heavy atom. The summed E-state index contributed by atoms with van der Waals surface area (Å²) >= 11 is 6.12. The Labute approximate surface area is 174 Å². The highest BCUT2D eigenvalue weighted by Gasteiger charge is 2.25. The number of nitrogens with one attached hydrogen (secondary N) is 2. The van der Waals surface area contributed by atoms with Crippen molar-refractivity contribution in [3.63, 3.8) is 0 Å². The molecule has 0 aliphatic rings. The minimum Gasteiger partial charge on any atom is -0.394 e. The Hall–Kier alpha value is 0.230. The standard InChI is InChI=1S/C13H16I3N3O4/c1-5(22)18-12-10(15)7(2-17)9(14)8(11(12)16)13(23)19-6(3-20)4-21/h6,20-21H,2-4,17H2,1H3,(H,18,22)(H,19,23). The van der Waals surface area contributed by atoms with E-state index in [2.05, 4.69) is 33.2 Å². The molecule has 0 saturated heterocycles. The van der Waals surface area contributed by atoms with Crippen LogP contribution in [0.5, 0.6) is 0 Å². The topological polar surface area (TPSA) is 125 Å². The van der Waals surface area contributed by atoms with E-state index >= 15 is 0 Å². The van der Waals surface area contributed by atoms with Crippen molar-refractivity contribution in [3.8, 4) is 0 Å². The van der Waals surface area contributed by atoms with Gasteiger partial charge in [-0.1, -0.05) is 0 Å². The summed E-state index contributed by atoms with van der Waals surface area (Å²) in [5, 5.41) is 23.5. The van der Waals surface area contributed by atoms with E-state index in [9.17, 15) is 9.59 Å². The van der Waals surface area contributed by atoms with Crippen LogP contribution in [-0.4, -0.2) is 41.3 Å². The molecule has 7 nitrogen and oxygen atoms in total. The molecule has 1 aromatic carbocycles. The van der Waals surface area contributed by atoms with Gasteiger partial charge in [0.05, 0.1) is 34.1 Å². The second kappa shape index (κ2) is 9.65. The third-order valence-corrected chi connectivity index (χ3v) is 6.38. The van der Waals surface area contributed by atoms with Crippen LogP contribution in [0.15, 0.2) is 0 Å². The van der Waals surface area contributed by atoms with Crippen molar-refractivity contribution < 1.29 is 19.8 Å². The van der Waals surface area contributed by atoms with Gasteiger partial charge < -0.3 is 26.6 Å². The number of aliphatic hydroxyl groups is 2. The fraction of sp³-hybridized carbons (Fsp3) is 0.385. The molecule has 6 N–H and O–H groups in total. The Bertz CT molecular complexity index is 621. The van der Waals surface area contributed by atoms with Crippen molar-refractivity contribution in [1.29, 1.82) is 0 Å². The normalized spacial score (nSPS) is 10.8. The van der Waals surface area contributed by atoms with Crippen LogP contribution in [0.3, 0.4) is 0 Å². The number of carbonyl (C=O) groups excluding carboxylic acids is 2. The predicted octanol–water partition coefficient (Wildman–Crippen LogP) is 1.00. The molecule has 1 aromatic rings. The molecule has 0 aromatic heterocycles. The Kier molecular flexibility index (Phi) is 8.92. The zero-order valence-corrected chi connectivity index (χ0v) is 18.6. The predicted molar refractivity (Wildman–Crippen MR) is 112 cm³/mol. The van der Waals surface area contributed by atoms with Crippen molar-refractivity contribution >= 4 is 85.3 Å². The van der Waals surface area contributed by atoms with Gasteiger partial charge >= 0.3 is 0 Å². The van der Waals surface area contributed by atoms with Crippen LogP contribution in [0.1, 0.15) is 22.8 Å². The smallest absolute Gasteiger partial charge is 0.253 e. The van der Waals surface area contributed by atoms with Crippen molar-refractivity contribution in [1.82, 2.24) is 5.32 Å². The van der Waals surface area contributed by atoms with Gasteiger partial charge in [0.15, 0.2) is 0 Å². The maximum atomic E-state index is 12.5. The van der Waals surface area contributed by atoms with Gasteiger partial charge in [0, 0.05) is 20.6 Å². The molecule has 0 unspecified atom stereocenters. The molecule has 0 bridgehead atoms. The molecule has 23 heavy (non-hydrogen) atoms. The lowest BCUT2D eigenvalue weighted by Crippen LogP contribution is -2.41. The molecule has 0 radical (unpaired) electrons. The van der Waals surface area contributed by atoms with Gasteiger partial charge in [0.1, 0.15) is 0 Å². The number of carbonyl (C=O) groups is 2. The number of hydrogen-bond acceptors (Lipinski definition) is 5. The number of amides is 2. The van der Waals surface area contributed by atoms with E-state index in [1.54, 1.807) is 0 Å². The van der Waals surface area contributed by atoms with E-state index in [0.717, 1.165) is 9.13 Å². The first-order valence-corrected chi connectivity index (χ1v) is 9.71. The SMILES string of the molecule is CC(=O)Nc1c(I)c(CN)c(I)c(C(=O)NC(CO)CO)c1I. The van der Waals surface area contributed by atoms with Crippen molar-refractivity contribution in [2.45, 2.75) is 19.5 Å². The molecular weight excluding hydrogens is 643 g/mol. The third kappa shape index (κ3) is 5.10. The molecule has 0 fully saturated rings. The van der Waals surface area contributed by atoms with Crippen molar-refractivity contribution in [2.75, 3.05) is 18.5 Å². The van der Waals surface area contributed by atoms with Gasteiger partial charge in [-0.25, -0.2) is 0 Å². The first-order chi connectivity index (χ1) is 10.8. The van der Waals surface area contributed by atoms with Crippen molar-refractivity contribution in [2.24, 2.45) is 5.73 Å². The van der Waals surface area contributed by atoms with Crippen LogP contribution in [0, 0.1) is 10.7 Å². The van der Waals surface area contributed by atoms with Crippen LogP contribution in [-0.2, 0) is 11.3 Å². The van der Waals surface area contributed by atoms with Crippen LogP contribution in [0.25, 0.3) is 0 Å². The first kappa shape index (κ1) is 21.3. The number of halogens is 3. The molecule has 128 valence electrons. The highest BCUT2D eigenvalue weighted by atomic mass is 127. The van der Waals surface area contributed by atoms with Gasteiger partial charge in [-0.3, -0.25) is 9.59 Å². The summed E-state index contributed by atoms with van der Waals surface area (Å²) in [7, 11) is 0. The van der Waals surface area contributed by atoms with E-state index in [-0.39, 0.29) is 25.7 Å². The zero-order valence-electron chi connectivity index (χ0n) is 12.1. The number of anilines is 1. The molecule has 0 aliphatic carbocycles. The summed E-state index contributed by atoms with van der Waals surface area (Å²) in [5.41, 5.74) is 7.44. The number of rotatable bonds is 6. The number of benzene rings is 1. The number of nitrogens with two attached hydrogens (primary N) is 1. The third-order valence-electron chi connectivity index (χ3n) is 2.92. The summed E-state index contributed by atoms with van der Waals surface area (Å²) in [6.45, 7) is 0.855. The zero-order chi connectivity index (χ0) is 17.7. The lowest BCUT2D eigenvalue weighted by atomic mass is 10.1. The molecule has 2 amide bonds. The van der Waals surface area contributed by atoms with E-state index in [1.807, 2.05) is 45.2 Å². The quantitative estimate of drug-likeness (QED) is 0.292. The fourth-order valence-electron chi connectivity index (χ4n) is 1.79. The summed E-state index contributed by atoms with van der Waals surface area (Å²) in [5.74, 6) is -0.690. The Balaban J connectivity index is 3.46. The maximum absolute atomic E-state index is 12.5. The van der Waals surface area contributed by atoms with Gasteiger partial charge in [-0.2, -0.15) is 0 Å². The molecule has 0 spiro atoms. The maximum Gasteiger partial charge on any atom is 0.253 e. The summed E-state index contributed by atoms with van der Waals surface area (Å²) in [6, 6.07) is -0.751.